The van der Waals surface area contributed by atoms with Crippen LogP contribution in [0.25, 0.3) is 0 Å². The van der Waals surface area contributed by atoms with E-state index in [9.17, 15) is 0 Å². The number of rotatable bonds is 4. The third-order valence-electron chi connectivity index (χ3n) is 2.91. The Morgan fingerprint density at radius 3 is 2.58 bits per heavy atom. The number of benzene rings is 1. The highest BCUT2D eigenvalue weighted by molar-refractivity contribution is 9.10. The first-order valence-corrected chi connectivity index (χ1v) is 7.67. The number of nitrogens with one attached hydrogen (secondary N) is 1. The van der Waals surface area contributed by atoms with Crippen molar-refractivity contribution in [1.82, 2.24) is 20.3 Å². The molecular formula is C13H16Br2N4. The summed E-state index contributed by atoms with van der Waals surface area (Å²) in [5.74, 6) is 0. The van der Waals surface area contributed by atoms with Crippen LogP contribution in [-0.4, -0.2) is 21.5 Å². The lowest BCUT2D eigenvalue weighted by Crippen LogP contribution is -2.24. The zero-order valence-electron chi connectivity index (χ0n) is 11.1. The second-order valence-electron chi connectivity index (χ2n) is 4.44. The Morgan fingerprint density at radius 2 is 2.05 bits per heavy atom. The highest BCUT2D eigenvalue weighted by Gasteiger charge is 2.21. The van der Waals surface area contributed by atoms with Crippen LogP contribution in [0, 0.1) is 6.92 Å². The van der Waals surface area contributed by atoms with Gasteiger partial charge in [0.25, 0.3) is 0 Å². The normalized spacial score (nSPS) is 12.7. The average molecular weight is 388 g/mol. The molecule has 0 amide bonds. The molecule has 0 bridgehead atoms. The molecule has 0 spiro atoms. The highest BCUT2D eigenvalue weighted by Crippen LogP contribution is 2.29. The van der Waals surface area contributed by atoms with E-state index < -0.39 is 0 Å². The first kappa shape index (κ1) is 14.7. The zero-order chi connectivity index (χ0) is 14.0. The van der Waals surface area contributed by atoms with Crippen LogP contribution in [0.3, 0.4) is 0 Å². The average Bonchev–Trinajstić information content (AvgIpc) is 2.65. The summed E-state index contributed by atoms with van der Waals surface area (Å²) in [4.78, 5) is 0. The Labute approximate surface area is 129 Å². The van der Waals surface area contributed by atoms with Gasteiger partial charge in [0.15, 0.2) is 4.60 Å². The third-order valence-corrected chi connectivity index (χ3v) is 3.93. The van der Waals surface area contributed by atoms with Crippen molar-refractivity contribution in [2.75, 3.05) is 6.54 Å². The fourth-order valence-electron chi connectivity index (χ4n) is 2.15. The molecule has 0 aliphatic heterocycles. The monoisotopic (exact) mass is 386 g/mol. The molecule has 2 rings (SSSR count). The Hall–Kier alpha value is -0.720. The maximum atomic E-state index is 4.07. The highest BCUT2D eigenvalue weighted by atomic mass is 79.9. The van der Waals surface area contributed by atoms with Gasteiger partial charge in [0.1, 0.15) is 0 Å². The summed E-state index contributed by atoms with van der Waals surface area (Å²) >= 11 is 7.03. The molecular weight excluding hydrogens is 372 g/mol. The first-order chi connectivity index (χ1) is 9.02. The summed E-state index contributed by atoms with van der Waals surface area (Å²) in [6.07, 6.45) is 0. The van der Waals surface area contributed by atoms with Crippen molar-refractivity contribution >= 4 is 31.9 Å². The minimum Gasteiger partial charge on any atom is -0.305 e. The van der Waals surface area contributed by atoms with E-state index in [1.165, 1.54) is 11.1 Å². The molecule has 1 N–H and O–H groups in total. The molecule has 4 nitrogen and oxygen atoms in total. The van der Waals surface area contributed by atoms with Crippen LogP contribution in [0.4, 0.5) is 0 Å². The minimum atomic E-state index is 0.0653. The second kappa shape index (κ2) is 6.15. The standard InChI is InChI=1S/C13H16Br2N4/c1-4-16-11(12-13(15)17-18-19(12)3)9-5-8(2)6-10(14)7-9/h5-7,11,16H,4H2,1-3H3. The van der Waals surface area contributed by atoms with Crippen molar-refractivity contribution in [3.63, 3.8) is 0 Å². The quantitative estimate of drug-likeness (QED) is 0.874. The molecule has 0 aliphatic carbocycles. The Morgan fingerprint density at radius 1 is 1.32 bits per heavy atom. The summed E-state index contributed by atoms with van der Waals surface area (Å²) in [7, 11) is 1.91. The zero-order valence-corrected chi connectivity index (χ0v) is 14.3. The molecule has 102 valence electrons. The summed E-state index contributed by atoms with van der Waals surface area (Å²) in [6.45, 7) is 5.05. The lowest BCUT2D eigenvalue weighted by molar-refractivity contribution is 0.566. The number of aryl methyl sites for hydroxylation is 2. The number of aromatic nitrogens is 3. The fourth-order valence-corrected chi connectivity index (χ4v) is 3.33. The number of nitrogens with zero attached hydrogens (tertiary/aromatic N) is 3. The molecule has 0 saturated carbocycles. The molecule has 6 heteroatoms. The van der Waals surface area contributed by atoms with E-state index in [-0.39, 0.29) is 6.04 Å². The molecule has 19 heavy (non-hydrogen) atoms. The van der Waals surface area contributed by atoms with Crippen molar-refractivity contribution in [2.24, 2.45) is 7.05 Å². The van der Waals surface area contributed by atoms with Crippen LogP contribution < -0.4 is 5.32 Å². The van der Waals surface area contributed by atoms with E-state index in [0.717, 1.165) is 21.3 Å². The van der Waals surface area contributed by atoms with Crippen LogP contribution >= 0.6 is 31.9 Å². The van der Waals surface area contributed by atoms with Crippen molar-refractivity contribution in [3.05, 3.63) is 44.1 Å². The maximum absolute atomic E-state index is 4.07. The second-order valence-corrected chi connectivity index (χ2v) is 6.11. The molecule has 0 fully saturated rings. The smallest absolute Gasteiger partial charge is 0.153 e. The molecule has 0 radical (unpaired) electrons. The van der Waals surface area contributed by atoms with Crippen LogP contribution in [0.2, 0.25) is 0 Å². The Kier molecular flexibility index (Phi) is 4.76. The van der Waals surface area contributed by atoms with E-state index in [2.05, 4.69) is 79.5 Å². The van der Waals surface area contributed by atoms with Gasteiger partial charge in [-0.1, -0.05) is 34.1 Å². The fraction of sp³-hybridized carbons (Fsp3) is 0.385. The van der Waals surface area contributed by atoms with Gasteiger partial charge in [-0.25, -0.2) is 4.68 Å². The summed E-state index contributed by atoms with van der Waals surface area (Å²) in [5.41, 5.74) is 3.44. The van der Waals surface area contributed by atoms with E-state index >= 15 is 0 Å². The SMILES string of the molecule is CCNC(c1cc(C)cc(Br)c1)c1c(Br)nnn1C. The molecule has 1 aromatic heterocycles. The largest absolute Gasteiger partial charge is 0.305 e. The van der Waals surface area contributed by atoms with Gasteiger partial charge in [0.2, 0.25) is 0 Å². The summed E-state index contributed by atoms with van der Waals surface area (Å²) < 4.78 is 3.66. The molecule has 0 saturated heterocycles. The van der Waals surface area contributed by atoms with Gasteiger partial charge < -0.3 is 5.32 Å². The van der Waals surface area contributed by atoms with Gasteiger partial charge in [-0.2, -0.15) is 0 Å². The molecule has 2 aromatic rings. The molecule has 1 aromatic carbocycles. The predicted octanol–water partition coefficient (Wildman–Crippen LogP) is 3.35. The summed E-state index contributed by atoms with van der Waals surface area (Å²) in [5, 5.41) is 11.6. The predicted molar refractivity (Wildman–Crippen MR) is 83.1 cm³/mol. The van der Waals surface area contributed by atoms with Crippen LogP contribution in [-0.2, 0) is 7.05 Å². The van der Waals surface area contributed by atoms with Crippen LogP contribution in [0.1, 0.15) is 29.8 Å². The van der Waals surface area contributed by atoms with Crippen molar-refractivity contribution < 1.29 is 0 Å². The van der Waals surface area contributed by atoms with Gasteiger partial charge in [0.05, 0.1) is 11.7 Å². The van der Waals surface area contributed by atoms with Gasteiger partial charge in [-0.15, -0.1) is 5.10 Å². The molecule has 1 unspecified atom stereocenters. The number of hydrogen-bond donors (Lipinski definition) is 1. The molecule has 1 atom stereocenters. The van der Waals surface area contributed by atoms with E-state index in [1.54, 1.807) is 4.68 Å². The van der Waals surface area contributed by atoms with Crippen LogP contribution in [0.5, 0.6) is 0 Å². The Bertz CT molecular complexity index is 540. The van der Waals surface area contributed by atoms with Gasteiger partial charge in [-0.05, 0) is 52.7 Å². The van der Waals surface area contributed by atoms with E-state index in [4.69, 9.17) is 0 Å². The number of hydrogen-bond acceptors (Lipinski definition) is 3. The minimum absolute atomic E-state index is 0.0653. The molecule has 0 aliphatic rings. The third kappa shape index (κ3) is 3.24. The maximum Gasteiger partial charge on any atom is 0.153 e. The van der Waals surface area contributed by atoms with Crippen molar-refractivity contribution in [3.8, 4) is 0 Å². The lowest BCUT2D eigenvalue weighted by Gasteiger charge is -2.19. The Balaban J connectivity index is 2.51. The van der Waals surface area contributed by atoms with Gasteiger partial charge >= 0.3 is 0 Å². The van der Waals surface area contributed by atoms with Crippen molar-refractivity contribution in [1.29, 1.82) is 0 Å². The van der Waals surface area contributed by atoms with Crippen molar-refractivity contribution in [2.45, 2.75) is 19.9 Å². The first-order valence-electron chi connectivity index (χ1n) is 6.08. The summed E-state index contributed by atoms with van der Waals surface area (Å²) in [6, 6.07) is 6.47. The molecule has 1 heterocycles. The number of halogens is 2. The van der Waals surface area contributed by atoms with Gasteiger partial charge in [0, 0.05) is 11.5 Å². The van der Waals surface area contributed by atoms with E-state index in [0.29, 0.717) is 0 Å². The van der Waals surface area contributed by atoms with E-state index in [1.807, 2.05) is 7.05 Å². The van der Waals surface area contributed by atoms with Crippen LogP contribution in [0.15, 0.2) is 27.3 Å². The van der Waals surface area contributed by atoms with Gasteiger partial charge in [-0.3, -0.25) is 0 Å². The topological polar surface area (TPSA) is 42.7 Å². The lowest BCUT2D eigenvalue weighted by atomic mass is 10.0.